The number of aliphatic hydroxyl groups excluding tert-OH is 2. The van der Waals surface area contributed by atoms with E-state index >= 15 is 0 Å². The van der Waals surface area contributed by atoms with E-state index in [1.165, 1.54) is 18.2 Å². The number of carbonyl (C=O) groups is 2. The molecule has 0 spiro atoms. The van der Waals surface area contributed by atoms with E-state index < -0.39 is 11.8 Å². The number of nitrogens with one attached hydrogen (secondary N) is 2. The molecule has 2 atom stereocenters. The molecule has 7 N–H and O–H groups in total. The zero-order chi connectivity index (χ0) is 30.9. The Bertz CT molecular complexity index is 1130. The maximum atomic E-state index is 12.3. The lowest BCUT2D eigenvalue weighted by atomic mass is 9.95. The number of rotatable bonds is 20. The van der Waals surface area contributed by atoms with Gasteiger partial charge in [-0.2, -0.15) is 0 Å². The van der Waals surface area contributed by atoms with Gasteiger partial charge in [-0.05, 0) is 61.3 Å². The third-order valence-electron chi connectivity index (χ3n) is 6.53. The summed E-state index contributed by atoms with van der Waals surface area (Å²) in [6.07, 6.45) is 1.10. The topological polar surface area (TPSA) is 187 Å². The maximum absolute atomic E-state index is 12.3. The van der Waals surface area contributed by atoms with Gasteiger partial charge in [0.05, 0.1) is 6.61 Å². The van der Waals surface area contributed by atoms with Gasteiger partial charge in [0.1, 0.15) is 17.2 Å². The Balaban J connectivity index is 2.15. The molecule has 0 fully saturated rings. The van der Waals surface area contributed by atoms with E-state index in [2.05, 4.69) is 10.6 Å². The summed E-state index contributed by atoms with van der Waals surface area (Å²) in [6.45, 7) is 3.54. The Morgan fingerprint density at radius 3 is 2.07 bits per heavy atom. The zero-order valence-corrected chi connectivity index (χ0v) is 24.3. The average molecular weight is 593 g/mol. The van der Waals surface area contributed by atoms with E-state index in [4.69, 9.17) is 14.2 Å². The number of methoxy groups -OCH3 is 1. The second-order valence-electron chi connectivity index (χ2n) is 10.00. The number of ether oxygens (including phenoxy) is 3. The van der Waals surface area contributed by atoms with Gasteiger partial charge in [0.15, 0.2) is 11.5 Å². The normalized spacial score (nSPS) is 12.5. The second-order valence-corrected chi connectivity index (χ2v) is 10.00. The van der Waals surface area contributed by atoms with Gasteiger partial charge < -0.3 is 50.4 Å². The largest absolute Gasteiger partial charge is 0.508 e. The Labute approximate surface area is 246 Å². The van der Waals surface area contributed by atoms with Crippen LogP contribution >= 0.6 is 0 Å². The minimum Gasteiger partial charge on any atom is -0.508 e. The van der Waals surface area contributed by atoms with E-state index in [0.29, 0.717) is 50.5 Å². The van der Waals surface area contributed by atoms with Crippen molar-refractivity contribution in [3.63, 3.8) is 0 Å². The molecule has 0 aromatic heterocycles. The van der Waals surface area contributed by atoms with Crippen LogP contribution in [0, 0.1) is 11.8 Å². The molecule has 0 aliphatic rings. The highest BCUT2D eigenvalue weighted by molar-refractivity contribution is 5.76. The van der Waals surface area contributed by atoms with Crippen molar-refractivity contribution < 1.29 is 49.3 Å². The molecule has 0 aliphatic carbocycles. The average Bonchev–Trinajstić information content (AvgIpc) is 2.96. The van der Waals surface area contributed by atoms with Crippen LogP contribution in [0.5, 0.6) is 28.7 Å². The molecule has 0 heterocycles. The molecular formula is C30H44N2O10. The second kappa shape index (κ2) is 18.8. The summed E-state index contributed by atoms with van der Waals surface area (Å²) in [5, 5.41) is 56.4. The van der Waals surface area contributed by atoms with Crippen LogP contribution in [-0.2, 0) is 31.9 Å². The smallest absolute Gasteiger partial charge is 0.220 e. The predicted molar refractivity (Wildman–Crippen MR) is 155 cm³/mol. The van der Waals surface area contributed by atoms with Crippen molar-refractivity contribution >= 4 is 11.8 Å². The number of carbonyl (C=O) groups excluding carboxylic acids is 2. The fourth-order valence-electron chi connectivity index (χ4n) is 4.31. The lowest BCUT2D eigenvalue weighted by Crippen LogP contribution is -2.30. The fourth-order valence-corrected chi connectivity index (χ4v) is 4.31. The van der Waals surface area contributed by atoms with Gasteiger partial charge in [0, 0.05) is 71.6 Å². The highest BCUT2D eigenvalue weighted by Crippen LogP contribution is 2.39. The van der Waals surface area contributed by atoms with Crippen molar-refractivity contribution in [3.05, 3.63) is 41.5 Å². The molecule has 234 valence electrons. The van der Waals surface area contributed by atoms with Gasteiger partial charge in [-0.3, -0.25) is 9.59 Å². The Morgan fingerprint density at radius 1 is 0.810 bits per heavy atom. The van der Waals surface area contributed by atoms with E-state index in [1.54, 1.807) is 13.2 Å². The first-order valence-electron chi connectivity index (χ1n) is 14.1. The molecule has 12 heteroatoms. The summed E-state index contributed by atoms with van der Waals surface area (Å²) in [6, 6.07) is 6.92. The van der Waals surface area contributed by atoms with E-state index in [0.717, 1.165) is 6.07 Å². The van der Waals surface area contributed by atoms with E-state index in [9.17, 15) is 35.1 Å². The minimum atomic E-state index is -0.503. The molecule has 2 unspecified atom stereocenters. The van der Waals surface area contributed by atoms with Crippen LogP contribution in [0.2, 0.25) is 0 Å². The minimum absolute atomic E-state index is 0.0235. The Kier molecular flexibility index (Phi) is 15.5. The molecule has 2 aromatic rings. The van der Waals surface area contributed by atoms with Gasteiger partial charge in [0.25, 0.3) is 0 Å². The fraction of sp³-hybridized carbons (Fsp3) is 0.533. The number of amides is 2. The number of phenolic OH excluding ortho intramolecular Hbond substituents is 3. The SMILES string of the molecule is CCOCCNC(=O)CC(CO)Cc1ccc(O)cc1Oc1cc(CC(CO)CC(=O)NCCCOC)c(O)cc1O. The van der Waals surface area contributed by atoms with Crippen LogP contribution in [0.4, 0.5) is 0 Å². The highest BCUT2D eigenvalue weighted by atomic mass is 16.5. The lowest BCUT2D eigenvalue weighted by Gasteiger charge is -2.19. The van der Waals surface area contributed by atoms with Crippen LogP contribution in [0.25, 0.3) is 0 Å². The number of aromatic hydroxyl groups is 3. The monoisotopic (exact) mass is 592 g/mol. The maximum Gasteiger partial charge on any atom is 0.220 e. The van der Waals surface area contributed by atoms with Crippen molar-refractivity contribution in [1.82, 2.24) is 10.6 Å². The van der Waals surface area contributed by atoms with Crippen LogP contribution in [0.1, 0.15) is 37.3 Å². The first-order valence-corrected chi connectivity index (χ1v) is 14.1. The van der Waals surface area contributed by atoms with Crippen LogP contribution in [0.15, 0.2) is 30.3 Å². The quantitative estimate of drug-likeness (QED) is 0.112. The molecule has 42 heavy (non-hydrogen) atoms. The molecule has 12 nitrogen and oxygen atoms in total. The predicted octanol–water partition coefficient (Wildman–Crippen LogP) is 1.98. The molecule has 0 aliphatic heterocycles. The lowest BCUT2D eigenvalue weighted by molar-refractivity contribution is -0.123. The first kappa shape index (κ1) is 34.6. The molecule has 2 amide bonds. The number of aliphatic hydroxyl groups is 2. The third-order valence-corrected chi connectivity index (χ3v) is 6.53. The molecular weight excluding hydrogens is 548 g/mol. The Morgan fingerprint density at radius 2 is 1.45 bits per heavy atom. The first-order chi connectivity index (χ1) is 20.2. The van der Waals surface area contributed by atoms with Crippen molar-refractivity contribution in [1.29, 1.82) is 0 Å². The van der Waals surface area contributed by atoms with Crippen LogP contribution < -0.4 is 15.4 Å². The van der Waals surface area contributed by atoms with Gasteiger partial charge in [-0.1, -0.05) is 6.07 Å². The number of benzene rings is 2. The summed E-state index contributed by atoms with van der Waals surface area (Å²) in [4.78, 5) is 24.6. The molecule has 0 saturated heterocycles. The molecule has 2 aromatic carbocycles. The molecule has 0 bridgehead atoms. The van der Waals surface area contributed by atoms with Crippen molar-refractivity contribution in [3.8, 4) is 28.7 Å². The van der Waals surface area contributed by atoms with E-state index in [1.807, 2.05) is 6.92 Å². The molecule has 2 rings (SSSR count). The van der Waals surface area contributed by atoms with Gasteiger partial charge in [-0.25, -0.2) is 0 Å². The van der Waals surface area contributed by atoms with Crippen molar-refractivity contribution in [2.45, 2.75) is 39.0 Å². The Hall–Kier alpha value is -3.58. The number of hydrogen-bond donors (Lipinski definition) is 7. The third kappa shape index (κ3) is 12.1. The van der Waals surface area contributed by atoms with Crippen LogP contribution in [0.3, 0.4) is 0 Å². The van der Waals surface area contributed by atoms with Gasteiger partial charge in [0.2, 0.25) is 11.8 Å². The molecule has 0 radical (unpaired) electrons. The van der Waals surface area contributed by atoms with Crippen molar-refractivity contribution in [2.75, 3.05) is 53.2 Å². The summed E-state index contributed by atoms with van der Waals surface area (Å²) in [5.74, 6) is -1.96. The summed E-state index contributed by atoms with van der Waals surface area (Å²) in [5.41, 5.74) is 0.911. The summed E-state index contributed by atoms with van der Waals surface area (Å²) < 4.78 is 16.1. The van der Waals surface area contributed by atoms with Crippen LogP contribution in [-0.4, -0.2) is 90.6 Å². The number of phenols is 3. The van der Waals surface area contributed by atoms with Crippen molar-refractivity contribution in [2.24, 2.45) is 11.8 Å². The van der Waals surface area contributed by atoms with Gasteiger partial charge in [-0.15, -0.1) is 0 Å². The van der Waals surface area contributed by atoms with Gasteiger partial charge >= 0.3 is 0 Å². The summed E-state index contributed by atoms with van der Waals surface area (Å²) >= 11 is 0. The highest BCUT2D eigenvalue weighted by Gasteiger charge is 2.21. The molecule has 0 saturated carbocycles. The van der Waals surface area contributed by atoms with E-state index in [-0.39, 0.29) is 79.5 Å². The standard InChI is InChI=1S/C30H44N2O10/c1-3-41-10-8-32-30(39)13-20(18-33)11-22-5-6-24(35)16-27(22)42-28-15-23(25(36)17-26(28)37)12-21(19-34)14-29(38)31-7-4-9-40-2/h5-6,15-17,20-21,33-37H,3-4,7-14,18-19H2,1-2H3,(H,31,38)(H,32,39). The summed E-state index contributed by atoms with van der Waals surface area (Å²) in [7, 11) is 1.58. The zero-order valence-electron chi connectivity index (χ0n) is 24.3. The number of hydrogen-bond acceptors (Lipinski definition) is 10.